The molecule has 5 heteroatoms. The van der Waals surface area contributed by atoms with Gasteiger partial charge in [0, 0.05) is 12.8 Å². The molecule has 0 atom stereocenters. The lowest BCUT2D eigenvalue weighted by Crippen LogP contribution is -2.66. The average Bonchev–Trinajstić information content (AvgIpc) is 2.31. The van der Waals surface area contributed by atoms with Crippen molar-refractivity contribution >= 4 is 17.8 Å². The van der Waals surface area contributed by atoms with Gasteiger partial charge in [-0.15, -0.1) is 0 Å². The lowest BCUT2D eigenvalue weighted by molar-refractivity contribution is -0.179. The molecule has 2 aliphatic carbocycles. The molecule has 0 unspecified atom stereocenters. The monoisotopic (exact) mass is 279 g/mol. The highest BCUT2D eigenvalue weighted by Crippen LogP contribution is 2.49. The SMILES string of the molecule is O=C1CC2(CCCCC2)CC(=O)N1C1(C(=O)O)CCC1. The Balaban J connectivity index is 1.84. The Morgan fingerprint density at radius 2 is 1.45 bits per heavy atom. The maximum absolute atomic E-state index is 12.5. The lowest BCUT2D eigenvalue weighted by Gasteiger charge is -2.51. The Bertz CT molecular complexity index is 440. The molecule has 3 fully saturated rings. The van der Waals surface area contributed by atoms with Crippen LogP contribution < -0.4 is 0 Å². The van der Waals surface area contributed by atoms with Crippen LogP contribution in [0.2, 0.25) is 0 Å². The molecule has 5 nitrogen and oxygen atoms in total. The van der Waals surface area contributed by atoms with Crippen molar-refractivity contribution in [2.45, 2.75) is 69.7 Å². The fourth-order valence-corrected chi connectivity index (χ4v) is 4.18. The molecule has 0 aromatic heterocycles. The third-order valence-electron chi connectivity index (χ3n) is 5.47. The fourth-order valence-electron chi connectivity index (χ4n) is 4.18. The summed E-state index contributed by atoms with van der Waals surface area (Å²) in [5.41, 5.74) is -1.41. The van der Waals surface area contributed by atoms with E-state index in [9.17, 15) is 19.5 Å². The minimum Gasteiger partial charge on any atom is -0.479 e. The summed E-state index contributed by atoms with van der Waals surface area (Å²) in [6.45, 7) is 0. The molecule has 2 amide bonds. The zero-order valence-electron chi connectivity index (χ0n) is 11.7. The number of imide groups is 1. The highest BCUT2D eigenvalue weighted by Gasteiger charge is 2.57. The first-order chi connectivity index (χ1) is 9.49. The molecule has 0 bridgehead atoms. The first kappa shape index (κ1) is 13.6. The first-order valence-corrected chi connectivity index (χ1v) is 7.59. The summed E-state index contributed by atoms with van der Waals surface area (Å²) in [4.78, 5) is 37.5. The number of piperidine rings is 1. The van der Waals surface area contributed by atoms with E-state index in [1.165, 1.54) is 6.42 Å². The fraction of sp³-hybridized carbons (Fsp3) is 0.800. The van der Waals surface area contributed by atoms with Crippen LogP contribution in [0.1, 0.15) is 64.2 Å². The van der Waals surface area contributed by atoms with Crippen molar-refractivity contribution < 1.29 is 19.5 Å². The molecule has 110 valence electrons. The van der Waals surface area contributed by atoms with Gasteiger partial charge in [0.05, 0.1) is 0 Å². The quantitative estimate of drug-likeness (QED) is 0.785. The molecule has 1 aliphatic heterocycles. The van der Waals surface area contributed by atoms with E-state index in [4.69, 9.17) is 0 Å². The van der Waals surface area contributed by atoms with Gasteiger partial charge < -0.3 is 5.11 Å². The minimum absolute atomic E-state index is 0.174. The van der Waals surface area contributed by atoms with E-state index in [0.29, 0.717) is 25.7 Å². The molecule has 2 saturated carbocycles. The number of likely N-dealkylation sites (tertiary alicyclic amines) is 1. The number of carbonyl (C=O) groups is 3. The molecule has 0 aromatic carbocycles. The Labute approximate surface area is 118 Å². The smallest absolute Gasteiger partial charge is 0.330 e. The summed E-state index contributed by atoms with van der Waals surface area (Å²) in [5.74, 6) is -1.54. The number of carboxylic acid groups (broad SMARTS) is 1. The van der Waals surface area contributed by atoms with E-state index in [1.807, 2.05) is 0 Å². The topological polar surface area (TPSA) is 74.7 Å². The number of nitrogens with zero attached hydrogens (tertiary/aromatic N) is 1. The van der Waals surface area contributed by atoms with Gasteiger partial charge in [0.2, 0.25) is 11.8 Å². The molecule has 1 heterocycles. The van der Waals surface area contributed by atoms with Gasteiger partial charge in [0.1, 0.15) is 5.54 Å². The summed E-state index contributed by atoms with van der Waals surface area (Å²) >= 11 is 0. The molecule has 3 rings (SSSR count). The highest BCUT2D eigenvalue weighted by atomic mass is 16.4. The summed E-state index contributed by atoms with van der Waals surface area (Å²) in [7, 11) is 0. The molecular weight excluding hydrogens is 258 g/mol. The van der Waals surface area contributed by atoms with Crippen molar-refractivity contribution in [3.05, 3.63) is 0 Å². The Kier molecular flexibility index (Phi) is 3.10. The minimum atomic E-state index is -1.23. The van der Waals surface area contributed by atoms with Crippen molar-refractivity contribution in [2.75, 3.05) is 0 Å². The van der Waals surface area contributed by atoms with Crippen LogP contribution in [0.4, 0.5) is 0 Å². The zero-order valence-corrected chi connectivity index (χ0v) is 11.7. The highest BCUT2D eigenvalue weighted by molar-refractivity contribution is 6.03. The molecule has 1 spiro atoms. The molecular formula is C15H21NO4. The number of hydrogen-bond donors (Lipinski definition) is 1. The second kappa shape index (κ2) is 4.57. The Morgan fingerprint density at radius 1 is 0.900 bits per heavy atom. The number of hydrogen-bond acceptors (Lipinski definition) is 3. The van der Waals surface area contributed by atoms with Crippen molar-refractivity contribution in [1.82, 2.24) is 4.90 Å². The second-order valence-electron chi connectivity index (χ2n) is 6.73. The van der Waals surface area contributed by atoms with Crippen LogP contribution in [0.25, 0.3) is 0 Å². The molecule has 3 aliphatic rings. The summed E-state index contributed by atoms with van der Waals surface area (Å²) < 4.78 is 0. The van der Waals surface area contributed by atoms with Crippen LogP contribution in [0.15, 0.2) is 0 Å². The van der Waals surface area contributed by atoms with Gasteiger partial charge in [0.25, 0.3) is 0 Å². The maximum atomic E-state index is 12.5. The average molecular weight is 279 g/mol. The van der Waals surface area contributed by atoms with Crippen molar-refractivity contribution in [2.24, 2.45) is 5.41 Å². The van der Waals surface area contributed by atoms with Crippen molar-refractivity contribution in [3.63, 3.8) is 0 Å². The van der Waals surface area contributed by atoms with Gasteiger partial charge in [-0.2, -0.15) is 0 Å². The largest absolute Gasteiger partial charge is 0.479 e. The number of carboxylic acids is 1. The van der Waals surface area contributed by atoms with Gasteiger partial charge in [-0.3, -0.25) is 14.5 Å². The van der Waals surface area contributed by atoms with E-state index < -0.39 is 11.5 Å². The Morgan fingerprint density at radius 3 is 1.85 bits per heavy atom. The van der Waals surface area contributed by atoms with Gasteiger partial charge >= 0.3 is 5.97 Å². The number of aliphatic carboxylic acids is 1. The van der Waals surface area contributed by atoms with Crippen LogP contribution in [-0.4, -0.2) is 33.3 Å². The summed E-state index contributed by atoms with van der Waals surface area (Å²) in [5, 5.41) is 9.43. The van der Waals surface area contributed by atoms with Crippen LogP contribution in [-0.2, 0) is 14.4 Å². The third kappa shape index (κ3) is 1.86. The maximum Gasteiger partial charge on any atom is 0.330 e. The van der Waals surface area contributed by atoms with E-state index >= 15 is 0 Å². The number of rotatable bonds is 2. The van der Waals surface area contributed by atoms with Crippen LogP contribution in [0.5, 0.6) is 0 Å². The van der Waals surface area contributed by atoms with Gasteiger partial charge in [-0.1, -0.05) is 19.3 Å². The predicted molar refractivity (Wildman–Crippen MR) is 70.8 cm³/mol. The van der Waals surface area contributed by atoms with Gasteiger partial charge in [-0.25, -0.2) is 4.79 Å². The van der Waals surface area contributed by atoms with Crippen LogP contribution in [0.3, 0.4) is 0 Å². The van der Waals surface area contributed by atoms with Gasteiger partial charge in [-0.05, 0) is 37.5 Å². The second-order valence-corrected chi connectivity index (χ2v) is 6.73. The molecule has 1 N–H and O–H groups in total. The van der Waals surface area contributed by atoms with E-state index in [1.54, 1.807) is 0 Å². The van der Waals surface area contributed by atoms with Crippen molar-refractivity contribution in [1.29, 1.82) is 0 Å². The third-order valence-corrected chi connectivity index (χ3v) is 5.47. The molecule has 1 saturated heterocycles. The predicted octanol–water partition coefficient (Wildman–Crippen LogP) is 2.09. The summed E-state index contributed by atoms with van der Waals surface area (Å²) in [6.07, 6.45) is 7.48. The van der Waals surface area contributed by atoms with E-state index in [2.05, 4.69) is 0 Å². The number of amides is 2. The van der Waals surface area contributed by atoms with Gasteiger partial charge in [0.15, 0.2) is 0 Å². The van der Waals surface area contributed by atoms with Crippen LogP contribution >= 0.6 is 0 Å². The lowest BCUT2D eigenvalue weighted by atomic mass is 9.65. The summed E-state index contributed by atoms with van der Waals surface area (Å²) in [6, 6.07) is 0. The first-order valence-electron chi connectivity index (χ1n) is 7.59. The normalized spacial score (nSPS) is 28.3. The van der Waals surface area contributed by atoms with Crippen molar-refractivity contribution in [3.8, 4) is 0 Å². The standard InChI is InChI=1S/C15H21NO4/c17-11-9-14(5-2-1-3-6-14)10-12(18)16(11)15(13(19)20)7-4-8-15/h1-10H2,(H,19,20). The Hall–Kier alpha value is -1.39. The zero-order chi connectivity index (χ0) is 14.4. The van der Waals surface area contributed by atoms with Crippen LogP contribution in [0, 0.1) is 5.41 Å². The number of carbonyl (C=O) groups excluding carboxylic acids is 2. The van der Waals surface area contributed by atoms with E-state index in [0.717, 1.165) is 37.0 Å². The molecule has 0 aromatic rings. The molecule has 20 heavy (non-hydrogen) atoms. The van der Waals surface area contributed by atoms with E-state index in [-0.39, 0.29) is 17.2 Å². The molecule has 0 radical (unpaired) electrons.